The standard InChI is InChI=1S/C15H19F3N2O/c1-20-14(12-19,13-6-3-2-4-7-13)9-11-21-10-5-8-15(16,17)18/h2-4,6-7,20H,5,8-11H2,1H3. The van der Waals surface area contributed by atoms with Crippen molar-refractivity contribution in [3.8, 4) is 6.07 Å². The first-order chi connectivity index (χ1) is 9.93. The summed E-state index contributed by atoms with van der Waals surface area (Å²) in [7, 11) is 1.68. The maximum atomic E-state index is 12.0. The maximum Gasteiger partial charge on any atom is 0.389 e. The summed E-state index contributed by atoms with van der Waals surface area (Å²) in [6.45, 7) is 0.265. The molecule has 21 heavy (non-hydrogen) atoms. The van der Waals surface area contributed by atoms with Crippen LogP contribution in [0.15, 0.2) is 30.3 Å². The van der Waals surface area contributed by atoms with E-state index in [1.807, 2.05) is 30.3 Å². The molecule has 0 aliphatic carbocycles. The van der Waals surface area contributed by atoms with E-state index in [1.165, 1.54) is 0 Å². The van der Waals surface area contributed by atoms with E-state index in [4.69, 9.17) is 4.74 Å². The quantitative estimate of drug-likeness (QED) is 0.749. The van der Waals surface area contributed by atoms with Crippen molar-refractivity contribution in [3.05, 3.63) is 35.9 Å². The van der Waals surface area contributed by atoms with Crippen LogP contribution in [0, 0.1) is 11.3 Å². The van der Waals surface area contributed by atoms with Crippen molar-refractivity contribution < 1.29 is 17.9 Å². The van der Waals surface area contributed by atoms with Gasteiger partial charge in [-0.1, -0.05) is 30.3 Å². The molecule has 6 heteroatoms. The molecular weight excluding hydrogens is 281 g/mol. The maximum absolute atomic E-state index is 12.0. The zero-order chi connectivity index (χ0) is 15.8. The first kappa shape index (κ1) is 17.5. The summed E-state index contributed by atoms with van der Waals surface area (Å²) in [6.07, 6.45) is -4.68. The van der Waals surface area contributed by atoms with Crippen LogP contribution in [0.2, 0.25) is 0 Å². The van der Waals surface area contributed by atoms with Gasteiger partial charge in [0.15, 0.2) is 0 Å². The number of hydrogen-bond donors (Lipinski definition) is 1. The van der Waals surface area contributed by atoms with Gasteiger partial charge in [-0.3, -0.25) is 5.32 Å². The Labute approximate surface area is 122 Å². The zero-order valence-electron chi connectivity index (χ0n) is 11.9. The Bertz CT molecular complexity index is 456. The predicted molar refractivity (Wildman–Crippen MR) is 73.5 cm³/mol. The largest absolute Gasteiger partial charge is 0.389 e. The lowest BCUT2D eigenvalue weighted by molar-refractivity contribution is -0.137. The number of ether oxygens (including phenoxy) is 1. The molecule has 0 saturated heterocycles. The molecule has 1 rings (SSSR count). The van der Waals surface area contributed by atoms with Gasteiger partial charge in [-0.25, -0.2) is 0 Å². The van der Waals surface area contributed by atoms with Crippen molar-refractivity contribution in [2.75, 3.05) is 20.3 Å². The first-order valence-electron chi connectivity index (χ1n) is 6.74. The minimum Gasteiger partial charge on any atom is -0.381 e. The molecule has 116 valence electrons. The van der Waals surface area contributed by atoms with Crippen LogP contribution in [-0.2, 0) is 10.3 Å². The van der Waals surface area contributed by atoms with Gasteiger partial charge >= 0.3 is 6.18 Å². The molecule has 0 fully saturated rings. The summed E-state index contributed by atoms with van der Waals surface area (Å²) >= 11 is 0. The number of nitrogens with one attached hydrogen (secondary N) is 1. The Hall–Kier alpha value is -1.58. The molecule has 3 nitrogen and oxygen atoms in total. The number of nitriles is 1. The average Bonchev–Trinajstić information content (AvgIpc) is 2.47. The van der Waals surface area contributed by atoms with E-state index < -0.39 is 18.1 Å². The highest BCUT2D eigenvalue weighted by Crippen LogP contribution is 2.24. The third-order valence-electron chi connectivity index (χ3n) is 3.25. The second-order valence-electron chi connectivity index (χ2n) is 4.71. The van der Waals surface area contributed by atoms with Gasteiger partial charge < -0.3 is 4.74 Å². The van der Waals surface area contributed by atoms with E-state index in [0.29, 0.717) is 6.42 Å². The Morgan fingerprint density at radius 2 is 1.81 bits per heavy atom. The summed E-state index contributed by atoms with van der Waals surface area (Å²) in [5.41, 5.74) is -0.0699. The van der Waals surface area contributed by atoms with Gasteiger partial charge in [0.25, 0.3) is 0 Å². The second kappa shape index (κ2) is 8.01. The van der Waals surface area contributed by atoms with Crippen LogP contribution < -0.4 is 5.32 Å². The summed E-state index contributed by atoms with van der Waals surface area (Å²) < 4.78 is 41.1. The lowest BCUT2D eigenvalue weighted by atomic mass is 9.88. The van der Waals surface area contributed by atoms with E-state index in [0.717, 1.165) is 5.56 Å². The van der Waals surface area contributed by atoms with Gasteiger partial charge in [-0.05, 0) is 19.0 Å². The third kappa shape index (κ3) is 5.74. The zero-order valence-corrected chi connectivity index (χ0v) is 11.9. The van der Waals surface area contributed by atoms with Gasteiger partial charge in [-0.15, -0.1) is 0 Å². The molecule has 0 spiro atoms. The molecular formula is C15H19F3N2O. The lowest BCUT2D eigenvalue weighted by Crippen LogP contribution is -2.39. The highest BCUT2D eigenvalue weighted by Gasteiger charge is 2.30. The fraction of sp³-hybridized carbons (Fsp3) is 0.533. The van der Waals surface area contributed by atoms with E-state index in [2.05, 4.69) is 11.4 Å². The van der Waals surface area contributed by atoms with E-state index in [1.54, 1.807) is 7.05 Å². The normalized spacial score (nSPS) is 14.4. The van der Waals surface area contributed by atoms with E-state index in [9.17, 15) is 18.4 Å². The van der Waals surface area contributed by atoms with Gasteiger partial charge in [0.1, 0.15) is 5.54 Å². The molecule has 0 radical (unpaired) electrons. The van der Waals surface area contributed by atoms with Gasteiger partial charge in [-0.2, -0.15) is 18.4 Å². The summed E-state index contributed by atoms with van der Waals surface area (Å²) in [6, 6.07) is 11.4. The van der Waals surface area contributed by atoms with E-state index in [-0.39, 0.29) is 19.6 Å². The van der Waals surface area contributed by atoms with Crippen LogP contribution in [0.3, 0.4) is 0 Å². The smallest absolute Gasteiger partial charge is 0.381 e. The molecule has 0 heterocycles. The Morgan fingerprint density at radius 1 is 1.14 bits per heavy atom. The van der Waals surface area contributed by atoms with Gasteiger partial charge in [0, 0.05) is 26.1 Å². The Balaban J connectivity index is 2.45. The second-order valence-corrected chi connectivity index (χ2v) is 4.71. The number of alkyl halides is 3. The predicted octanol–water partition coefficient (Wildman–Crippen LogP) is 3.37. The van der Waals surface area contributed by atoms with Gasteiger partial charge in [0.2, 0.25) is 0 Å². The van der Waals surface area contributed by atoms with Crippen LogP contribution in [0.25, 0.3) is 0 Å². The molecule has 0 aliphatic heterocycles. The molecule has 1 aromatic carbocycles. The molecule has 0 saturated carbocycles. The number of nitrogens with zero attached hydrogens (tertiary/aromatic N) is 1. The number of halogens is 3. The van der Waals surface area contributed by atoms with Crippen molar-refractivity contribution in [2.45, 2.75) is 31.0 Å². The van der Waals surface area contributed by atoms with Crippen molar-refractivity contribution in [3.63, 3.8) is 0 Å². The first-order valence-corrected chi connectivity index (χ1v) is 6.74. The number of hydrogen-bond acceptors (Lipinski definition) is 3. The molecule has 0 amide bonds. The molecule has 1 N–H and O–H groups in total. The molecule has 1 atom stereocenters. The fourth-order valence-electron chi connectivity index (χ4n) is 2.01. The minimum atomic E-state index is -4.14. The molecule has 1 aromatic rings. The fourth-order valence-corrected chi connectivity index (χ4v) is 2.01. The summed E-state index contributed by atoms with van der Waals surface area (Å²) in [5.74, 6) is 0. The number of rotatable bonds is 8. The van der Waals surface area contributed by atoms with Crippen LogP contribution in [0.5, 0.6) is 0 Å². The molecule has 0 aromatic heterocycles. The van der Waals surface area contributed by atoms with Gasteiger partial charge in [0.05, 0.1) is 6.07 Å². The topological polar surface area (TPSA) is 45.0 Å². The molecule has 0 aliphatic rings. The monoisotopic (exact) mass is 300 g/mol. The van der Waals surface area contributed by atoms with Crippen molar-refractivity contribution >= 4 is 0 Å². The highest BCUT2D eigenvalue weighted by atomic mass is 19.4. The average molecular weight is 300 g/mol. The van der Waals surface area contributed by atoms with Crippen LogP contribution in [-0.4, -0.2) is 26.4 Å². The highest BCUT2D eigenvalue weighted by molar-refractivity contribution is 5.31. The Morgan fingerprint density at radius 3 is 2.33 bits per heavy atom. The summed E-state index contributed by atoms with van der Waals surface area (Å²) in [4.78, 5) is 0. The van der Waals surface area contributed by atoms with Crippen LogP contribution >= 0.6 is 0 Å². The lowest BCUT2D eigenvalue weighted by Gasteiger charge is -2.26. The van der Waals surface area contributed by atoms with Crippen molar-refractivity contribution in [1.82, 2.24) is 5.32 Å². The van der Waals surface area contributed by atoms with Crippen LogP contribution in [0.1, 0.15) is 24.8 Å². The molecule has 0 bridgehead atoms. The van der Waals surface area contributed by atoms with Crippen molar-refractivity contribution in [2.24, 2.45) is 0 Å². The third-order valence-corrected chi connectivity index (χ3v) is 3.25. The van der Waals surface area contributed by atoms with E-state index >= 15 is 0 Å². The minimum absolute atomic E-state index is 0.0412. The Kier molecular flexibility index (Phi) is 6.66. The number of benzene rings is 1. The molecule has 1 unspecified atom stereocenters. The van der Waals surface area contributed by atoms with Crippen molar-refractivity contribution in [1.29, 1.82) is 5.26 Å². The van der Waals surface area contributed by atoms with Crippen LogP contribution in [0.4, 0.5) is 13.2 Å². The summed E-state index contributed by atoms with van der Waals surface area (Å²) in [5, 5.41) is 12.4. The SMILES string of the molecule is CNC(C#N)(CCOCCCC(F)(F)F)c1ccccc1.